The van der Waals surface area contributed by atoms with E-state index in [2.05, 4.69) is 44.5 Å². The molecule has 1 heterocycles. The van der Waals surface area contributed by atoms with E-state index in [0.717, 1.165) is 17.9 Å². The molecule has 0 aromatic heterocycles. The van der Waals surface area contributed by atoms with E-state index in [0.29, 0.717) is 0 Å². The topological polar surface area (TPSA) is 6.48 Å². The van der Waals surface area contributed by atoms with Crippen molar-refractivity contribution in [1.82, 2.24) is 9.80 Å². The van der Waals surface area contributed by atoms with E-state index in [9.17, 15) is 0 Å². The van der Waals surface area contributed by atoms with Gasteiger partial charge in [0.1, 0.15) is 0 Å². The Morgan fingerprint density at radius 2 is 1.71 bits per heavy atom. The molecule has 2 heteroatoms. The molecule has 1 aliphatic rings. The molecule has 2 nitrogen and oxygen atoms in total. The minimum absolute atomic E-state index is 0.810. The highest BCUT2D eigenvalue weighted by molar-refractivity contribution is 4.88. The summed E-state index contributed by atoms with van der Waals surface area (Å²) in [5.74, 6) is 1.89. The molecular formula is C19H40N2. The van der Waals surface area contributed by atoms with Crippen LogP contribution < -0.4 is 0 Å². The standard InChI is InChI=1S/C19H40N2/c1-6-11-17(8-3)12-10-14-20(5)19(9-4)18-15-21(16-18)13-7-2/h17-19H,6-16H2,1-5H3. The Hall–Kier alpha value is -0.0800. The number of rotatable bonds is 12. The molecule has 0 bridgehead atoms. The first-order chi connectivity index (χ1) is 10.2. The first-order valence-electron chi connectivity index (χ1n) is 9.58. The molecule has 0 aliphatic carbocycles. The largest absolute Gasteiger partial charge is 0.303 e. The highest BCUT2D eigenvalue weighted by Crippen LogP contribution is 2.25. The van der Waals surface area contributed by atoms with E-state index in [1.54, 1.807) is 0 Å². The summed E-state index contributed by atoms with van der Waals surface area (Å²) < 4.78 is 0. The van der Waals surface area contributed by atoms with Gasteiger partial charge < -0.3 is 9.80 Å². The molecule has 1 fully saturated rings. The van der Waals surface area contributed by atoms with Gasteiger partial charge in [-0.1, -0.05) is 47.0 Å². The molecular weight excluding hydrogens is 256 g/mol. The molecule has 126 valence electrons. The van der Waals surface area contributed by atoms with Crippen molar-refractivity contribution in [3.63, 3.8) is 0 Å². The van der Waals surface area contributed by atoms with E-state index >= 15 is 0 Å². The van der Waals surface area contributed by atoms with Crippen LogP contribution in [0.25, 0.3) is 0 Å². The fourth-order valence-corrected chi connectivity index (χ4v) is 4.11. The van der Waals surface area contributed by atoms with Crippen molar-refractivity contribution >= 4 is 0 Å². The Morgan fingerprint density at radius 1 is 1.00 bits per heavy atom. The molecule has 21 heavy (non-hydrogen) atoms. The number of nitrogens with zero attached hydrogens (tertiary/aromatic N) is 2. The molecule has 0 radical (unpaired) electrons. The van der Waals surface area contributed by atoms with Gasteiger partial charge in [-0.05, 0) is 57.7 Å². The molecule has 0 N–H and O–H groups in total. The van der Waals surface area contributed by atoms with Crippen LogP contribution in [0, 0.1) is 11.8 Å². The van der Waals surface area contributed by atoms with Crippen molar-refractivity contribution in [2.75, 3.05) is 33.2 Å². The zero-order valence-electron chi connectivity index (χ0n) is 15.4. The normalized spacial score (nSPS) is 19.7. The predicted octanol–water partition coefficient (Wildman–Crippen LogP) is 4.65. The van der Waals surface area contributed by atoms with Crippen molar-refractivity contribution in [3.05, 3.63) is 0 Å². The first-order valence-corrected chi connectivity index (χ1v) is 9.58. The van der Waals surface area contributed by atoms with Crippen molar-refractivity contribution in [1.29, 1.82) is 0 Å². The number of hydrogen-bond acceptors (Lipinski definition) is 2. The van der Waals surface area contributed by atoms with Gasteiger partial charge in [-0.25, -0.2) is 0 Å². The fraction of sp³-hybridized carbons (Fsp3) is 1.00. The van der Waals surface area contributed by atoms with Crippen LogP contribution in [-0.2, 0) is 0 Å². The Balaban J connectivity index is 2.24. The molecule has 0 aromatic carbocycles. The van der Waals surface area contributed by atoms with Crippen LogP contribution in [-0.4, -0.2) is 49.1 Å². The lowest BCUT2D eigenvalue weighted by molar-refractivity contribution is 0.0278. The van der Waals surface area contributed by atoms with Crippen LogP contribution >= 0.6 is 0 Å². The van der Waals surface area contributed by atoms with Crippen LogP contribution in [0.15, 0.2) is 0 Å². The zero-order chi connectivity index (χ0) is 15.7. The van der Waals surface area contributed by atoms with Gasteiger partial charge >= 0.3 is 0 Å². The summed E-state index contributed by atoms with van der Waals surface area (Å²) in [6.07, 6.45) is 9.56. The highest BCUT2D eigenvalue weighted by atomic mass is 15.2. The summed E-state index contributed by atoms with van der Waals surface area (Å²) in [5.41, 5.74) is 0. The molecule has 0 amide bonds. The number of likely N-dealkylation sites (tertiary alicyclic amines) is 1. The lowest BCUT2D eigenvalue weighted by atomic mass is 9.88. The Labute approximate surface area is 134 Å². The van der Waals surface area contributed by atoms with Crippen LogP contribution in [0.3, 0.4) is 0 Å². The third-order valence-electron chi connectivity index (χ3n) is 5.45. The summed E-state index contributed by atoms with van der Waals surface area (Å²) in [4.78, 5) is 5.28. The van der Waals surface area contributed by atoms with Crippen LogP contribution in [0.4, 0.5) is 0 Å². The molecule has 0 saturated carbocycles. The van der Waals surface area contributed by atoms with Crippen LogP contribution in [0.5, 0.6) is 0 Å². The quantitative estimate of drug-likeness (QED) is 0.517. The molecule has 0 spiro atoms. The second-order valence-corrected chi connectivity index (χ2v) is 7.18. The zero-order valence-corrected chi connectivity index (χ0v) is 15.4. The van der Waals surface area contributed by atoms with Gasteiger partial charge in [0.25, 0.3) is 0 Å². The monoisotopic (exact) mass is 296 g/mol. The van der Waals surface area contributed by atoms with E-state index in [4.69, 9.17) is 0 Å². The SMILES string of the molecule is CCCC(CC)CCCN(C)C(CC)C1CN(CCC)C1. The lowest BCUT2D eigenvalue weighted by Gasteiger charge is -2.46. The molecule has 2 atom stereocenters. The average molecular weight is 297 g/mol. The highest BCUT2D eigenvalue weighted by Gasteiger charge is 2.33. The van der Waals surface area contributed by atoms with Gasteiger partial charge in [0.2, 0.25) is 0 Å². The minimum Gasteiger partial charge on any atom is -0.303 e. The molecule has 1 aliphatic heterocycles. The maximum absolute atomic E-state index is 2.66. The summed E-state index contributed by atoms with van der Waals surface area (Å²) in [7, 11) is 2.36. The van der Waals surface area contributed by atoms with Crippen LogP contribution in [0.2, 0.25) is 0 Å². The molecule has 1 saturated heterocycles. The third kappa shape index (κ3) is 6.28. The second-order valence-electron chi connectivity index (χ2n) is 7.18. The smallest absolute Gasteiger partial charge is 0.0142 e. The summed E-state index contributed by atoms with van der Waals surface area (Å²) in [6, 6.07) is 0.810. The lowest BCUT2D eigenvalue weighted by Crippen LogP contribution is -2.55. The van der Waals surface area contributed by atoms with Crippen molar-refractivity contribution in [3.8, 4) is 0 Å². The van der Waals surface area contributed by atoms with Crippen molar-refractivity contribution in [2.24, 2.45) is 11.8 Å². The Kier molecular flexibility index (Phi) is 9.59. The van der Waals surface area contributed by atoms with Gasteiger partial charge in [0, 0.05) is 19.1 Å². The van der Waals surface area contributed by atoms with Gasteiger partial charge in [-0.15, -0.1) is 0 Å². The summed E-state index contributed by atoms with van der Waals surface area (Å²) in [5, 5.41) is 0. The third-order valence-corrected chi connectivity index (χ3v) is 5.45. The Morgan fingerprint density at radius 3 is 2.24 bits per heavy atom. The number of hydrogen-bond donors (Lipinski definition) is 0. The molecule has 0 aromatic rings. The predicted molar refractivity (Wildman–Crippen MR) is 94.9 cm³/mol. The van der Waals surface area contributed by atoms with Crippen LogP contribution in [0.1, 0.15) is 72.6 Å². The van der Waals surface area contributed by atoms with Gasteiger partial charge in [-0.3, -0.25) is 0 Å². The summed E-state index contributed by atoms with van der Waals surface area (Å²) in [6.45, 7) is 14.6. The van der Waals surface area contributed by atoms with E-state index < -0.39 is 0 Å². The van der Waals surface area contributed by atoms with Crippen molar-refractivity contribution in [2.45, 2.75) is 78.7 Å². The van der Waals surface area contributed by atoms with E-state index in [1.165, 1.54) is 71.1 Å². The van der Waals surface area contributed by atoms with E-state index in [-0.39, 0.29) is 0 Å². The summed E-state index contributed by atoms with van der Waals surface area (Å²) >= 11 is 0. The Bertz CT molecular complexity index is 248. The maximum Gasteiger partial charge on any atom is 0.0142 e. The second kappa shape index (κ2) is 10.6. The minimum atomic E-state index is 0.810. The van der Waals surface area contributed by atoms with E-state index in [1.807, 2.05) is 0 Å². The van der Waals surface area contributed by atoms with Gasteiger partial charge in [-0.2, -0.15) is 0 Å². The van der Waals surface area contributed by atoms with Gasteiger partial charge in [0.15, 0.2) is 0 Å². The molecule has 2 unspecified atom stereocenters. The average Bonchev–Trinajstić information content (AvgIpc) is 2.44. The molecule has 1 rings (SSSR count). The van der Waals surface area contributed by atoms with Crippen molar-refractivity contribution < 1.29 is 0 Å². The first kappa shape index (κ1) is 19.0. The maximum atomic E-state index is 2.66. The van der Waals surface area contributed by atoms with Gasteiger partial charge in [0.05, 0.1) is 0 Å². The fourth-order valence-electron chi connectivity index (χ4n) is 4.11.